The van der Waals surface area contributed by atoms with Crippen molar-refractivity contribution < 1.29 is 14.7 Å². The number of aliphatic carboxylic acids is 1. The minimum atomic E-state index is -0.793. The fourth-order valence-electron chi connectivity index (χ4n) is 4.44. The van der Waals surface area contributed by atoms with Crippen LogP contribution in [0.15, 0.2) is 0 Å². The van der Waals surface area contributed by atoms with Crippen molar-refractivity contribution in [2.45, 2.75) is 32.6 Å². The zero-order valence-corrected chi connectivity index (χ0v) is 10.8. The summed E-state index contributed by atoms with van der Waals surface area (Å²) < 4.78 is 0. The zero-order valence-electron chi connectivity index (χ0n) is 10.8. The van der Waals surface area contributed by atoms with Crippen molar-refractivity contribution in [2.24, 2.45) is 35.5 Å². The van der Waals surface area contributed by atoms with Gasteiger partial charge < -0.3 is 10.4 Å². The molecule has 0 radical (unpaired) electrons. The van der Waals surface area contributed by atoms with Crippen LogP contribution in [0.4, 0.5) is 0 Å². The summed E-state index contributed by atoms with van der Waals surface area (Å²) in [6, 6.07) is 0. The van der Waals surface area contributed by atoms with Crippen molar-refractivity contribution in [2.75, 3.05) is 6.54 Å². The number of fused-ring (bicyclic) bond motifs is 5. The first-order valence-corrected chi connectivity index (χ1v) is 7.07. The number of carbonyl (C=O) groups is 2. The van der Waals surface area contributed by atoms with Gasteiger partial charge in [0.05, 0.1) is 0 Å². The van der Waals surface area contributed by atoms with Crippen molar-refractivity contribution in [1.82, 2.24) is 5.32 Å². The summed E-state index contributed by atoms with van der Waals surface area (Å²) >= 11 is 0. The summed E-state index contributed by atoms with van der Waals surface area (Å²) in [6.45, 7) is 2.36. The minimum Gasteiger partial charge on any atom is -0.481 e. The zero-order chi connectivity index (χ0) is 12.9. The number of carboxylic acid groups (broad SMARTS) is 1. The lowest BCUT2D eigenvalue weighted by Crippen LogP contribution is -2.32. The maximum atomic E-state index is 12.1. The van der Waals surface area contributed by atoms with Crippen LogP contribution in [0.3, 0.4) is 0 Å². The Hall–Kier alpha value is -1.06. The second kappa shape index (κ2) is 4.25. The Bertz CT molecular complexity index is 365. The van der Waals surface area contributed by atoms with E-state index in [1.807, 2.05) is 6.92 Å². The highest BCUT2D eigenvalue weighted by molar-refractivity contribution is 5.82. The molecule has 0 heterocycles. The molecular weight excluding hydrogens is 230 g/mol. The van der Waals surface area contributed by atoms with E-state index in [2.05, 4.69) is 5.32 Å². The standard InChI is InChI=1S/C14H21NO3/c1-7(4-10(16)17)6-15-14(18)13-11-8-2-3-9(5-8)12(11)13/h7-9,11-13H,2-6H2,1H3,(H,15,18)(H,16,17). The number of rotatable bonds is 5. The van der Waals surface area contributed by atoms with Crippen LogP contribution in [0.1, 0.15) is 32.6 Å². The molecule has 0 aromatic rings. The van der Waals surface area contributed by atoms with Gasteiger partial charge in [0.15, 0.2) is 0 Å². The average Bonchev–Trinajstić information content (AvgIpc) is 2.74. The highest BCUT2D eigenvalue weighted by Gasteiger charge is 2.67. The first-order chi connectivity index (χ1) is 8.58. The molecule has 2 bridgehead atoms. The Morgan fingerprint density at radius 3 is 2.44 bits per heavy atom. The molecule has 0 aliphatic heterocycles. The van der Waals surface area contributed by atoms with E-state index in [1.165, 1.54) is 19.3 Å². The Balaban J connectivity index is 1.45. The summed E-state index contributed by atoms with van der Waals surface area (Å²) in [6.07, 6.45) is 4.13. The second-order valence-electron chi connectivity index (χ2n) is 6.46. The van der Waals surface area contributed by atoms with Crippen molar-refractivity contribution in [3.05, 3.63) is 0 Å². The fraction of sp³-hybridized carbons (Fsp3) is 0.857. The summed E-state index contributed by atoms with van der Waals surface area (Å²) in [5.74, 6) is 2.61. The number of amides is 1. The number of hydrogen-bond donors (Lipinski definition) is 2. The van der Waals surface area contributed by atoms with Crippen molar-refractivity contribution in [3.63, 3.8) is 0 Å². The van der Waals surface area contributed by atoms with E-state index in [1.54, 1.807) is 0 Å². The van der Waals surface area contributed by atoms with Gasteiger partial charge in [-0.3, -0.25) is 9.59 Å². The van der Waals surface area contributed by atoms with E-state index in [-0.39, 0.29) is 24.2 Å². The highest BCUT2D eigenvalue weighted by Crippen LogP contribution is 2.69. The predicted octanol–water partition coefficient (Wildman–Crippen LogP) is 1.51. The highest BCUT2D eigenvalue weighted by atomic mass is 16.4. The van der Waals surface area contributed by atoms with Gasteiger partial charge in [-0.15, -0.1) is 0 Å². The molecule has 5 unspecified atom stereocenters. The van der Waals surface area contributed by atoms with E-state index in [0.717, 1.165) is 11.8 Å². The lowest BCUT2D eigenvalue weighted by molar-refractivity contribution is -0.138. The smallest absolute Gasteiger partial charge is 0.303 e. The van der Waals surface area contributed by atoms with Crippen LogP contribution < -0.4 is 5.32 Å². The molecule has 3 saturated carbocycles. The molecule has 2 N–H and O–H groups in total. The monoisotopic (exact) mass is 251 g/mol. The molecular formula is C14H21NO3. The van der Waals surface area contributed by atoms with Crippen LogP contribution in [-0.2, 0) is 9.59 Å². The number of carboxylic acids is 1. The van der Waals surface area contributed by atoms with Gasteiger partial charge in [0.2, 0.25) is 5.91 Å². The topological polar surface area (TPSA) is 66.4 Å². The summed E-state index contributed by atoms with van der Waals surface area (Å²) in [5, 5.41) is 11.6. The molecule has 0 saturated heterocycles. The molecule has 0 spiro atoms. The Labute approximate surface area is 107 Å². The van der Waals surface area contributed by atoms with Crippen molar-refractivity contribution >= 4 is 11.9 Å². The summed E-state index contributed by atoms with van der Waals surface area (Å²) in [5.41, 5.74) is 0. The number of hydrogen-bond acceptors (Lipinski definition) is 2. The molecule has 3 aliphatic rings. The molecule has 3 fully saturated rings. The molecule has 3 rings (SSSR count). The SMILES string of the molecule is CC(CNC(=O)C1C2C3CCC(C3)C12)CC(=O)O. The molecule has 4 heteroatoms. The van der Waals surface area contributed by atoms with Crippen molar-refractivity contribution in [3.8, 4) is 0 Å². The molecule has 0 aromatic heterocycles. The Morgan fingerprint density at radius 2 is 1.89 bits per heavy atom. The molecule has 3 aliphatic carbocycles. The normalized spacial score (nSPS) is 41.3. The van der Waals surface area contributed by atoms with Crippen LogP contribution in [0.5, 0.6) is 0 Å². The van der Waals surface area contributed by atoms with Gasteiger partial charge in [-0.1, -0.05) is 6.92 Å². The largest absolute Gasteiger partial charge is 0.481 e. The lowest BCUT2D eigenvalue weighted by atomic mass is 10.0. The van der Waals surface area contributed by atoms with Gasteiger partial charge in [-0.2, -0.15) is 0 Å². The van der Waals surface area contributed by atoms with Gasteiger partial charge in [-0.05, 0) is 48.9 Å². The molecule has 0 aromatic carbocycles. The average molecular weight is 251 g/mol. The van der Waals surface area contributed by atoms with Crippen LogP contribution in [0, 0.1) is 35.5 Å². The van der Waals surface area contributed by atoms with Gasteiger partial charge in [0.1, 0.15) is 0 Å². The lowest BCUT2D eigenvalue weighted by Gasteiger charge is -2.12. The second-order valence-corrected chi connectivity index (χ2v) is 6.46. The van der Waals surface area contributed by atoms with Gasteiger partial charge in [0.25, 0.3) is 0 Å². The van der Waals surface area contributed by atoms with Crippen LogP contribution in [-0.4, -0.2) is 23.5 Å². The third kappa shape index (κ3) is 1.91. The molecule has 1 amide bonds. The van der Waals surface area contributed by atoms with E-state index in [0.29, 0.717) is 18.4 Å². The van der Waals surface area contributed by atoms with Crippen molar-refractivity contribution in [1.29, 1.82) is 0 Å². The quantitative estimate of drug-likeness (QED) is 0.778. The Morgan fingerprint density at radius 1 is 1.28 bits per heavy atom. The van der Waals surface area contributed by atoms with E-state index >= 15 is 0 Å². The molecule has 4 nitrogen and oxygen atoms in total. The number of nitrogens with one attached hydrogen (secondary N) is 1. The van der Waals surface area contributed by atoms with E-state index < -0.39 is 5.97 Å². The van der Waals surface area contributed by atoms with E-state index in [4.69, 9.17) is 5.11 Å². The number of carbonyl (C=O) groups excluding carboxylic acids is 1. The Kier molecular flexibility index (Phi) is 2.83. The molecule has 5 atom stereocenters. The summed E-state index contributed by atoms with van der Waals surface area (Å²) in [7, 11) is 0. The summed E-state index contributed by atoms with van der Waals surface area (Å²) in [4.78, 5) is 22.6. The minimum absolute atomic E-state index is 0.0155. The third-order valence-electron chi connectivity index (χ3n) is 5.19. The first kappa shape index (κ1) is 12.0. The third-order valence-corrected chi connectivity index (χ3v) is 5.19. The van der Waals surface area contributed by atoms with Gasteiger partial charge in [-0.25, -0.2) is 0 Å². The van der Waals surface area contributed by atoms with Gasteiger partial charge in [0, 0.05) is 18.9 Å². The van der Waals surface area contributed by atoms with E-state index in [9.17, 15) is 9.59 Å². The maximum Gasteiger partial charge on any atom is 0.303 e. The van der Waals surface area contributed by atoms with Crippen LogP contribution in [0.25, 0.3) is 0 Å². The van der Waals surface area contributed by atoms with Gasteiger partial charge >= 0.3 is 5.97 Å². The van der Waals surface area contributed by atoms with Crippen LogP contribution in [0.2, 0.25) is 0 Å². The molecule has 100 valence electrons. The molecule has 18 heavy (non-hydrogen) atoms. The maximum absolute atomic E-state index is 12.1. The fourth-order valence-corrected chi connectivity index (χ4v) is 4.44. The van der Waals surface area contributed by atoms with Crippen LogP contribution >= 0.6 is 0 Å². The predicted molar refractivity (Wildman–Crippen MR) is 65.7 cm³/mol. The first-order valence-electron chi connectivity index (χ1n) is 7.07.